The predicted octanol–water partition coefficient (Wildman–Crippen LogP) is 2.62. The number of rotatable bonds is 2. The van der Waals surface area contributed by atoms with Crippen LogP contribution in [0.5, 0.6) is 0 Å². The van der Waals surface area contributed by atoms with Crippen molar-refractivity contribution in [3.8, 4) is 11.8 Å². The van der Waals surface area contributed by atoms with Gasteiger partial charge in [0.25, 0.3) is 0 Å². The number of hydrogen-bond acceptors (Lipinski definition) is 1. The van der Waals surface area contributed by atoms with Gasteiger partial charge in [0.1, 0.15) is 0 Å². The molecule has 0 heterocycles. The second kappa shape index (κ2) is 5.85. The van der Waals surface area contributed by atoms with Crippen LogP contribution in [-0.4, -0.2) is 10.4 Å². The number of hydrogen-bond donors (Lipinski definition) is 1. The Labute approximate surface area is 93.3 Å². The summed E-state index contributed by atoms with van der Waals surface area (Å²) in [5.74, 6) is 6.16. The minimum atomic E-state index is 0.0768. The van der Waals surface area contributed by atoms with Crippen LogP contribution in [0.4, 0.5) is 0 Å². The molecule has 1 aromatic rings. The molecule has 0 saturated carbocycles. The molecule has 0 fully saturated rings. The Kier molecular flexibility index (Phi) is 4.72. The van der Waals surface area contributed by atoms with Gasteiger partial charge >= 0.3 is 0 Å². The molecule has 0 aliphatic carbocycles. The minimum Gasteiger partial charge on any atom is -0.392 e. The van der Waals surface area contributed by atoms with Gasteiger partial charge in [-0.05, 0) is 24.1 Å². The molecule has 0 unspecified atom stereocenters. The van der Waals surface area contributed by atoms with Gasteiger partial charge in [0.15, 0.2) is 0 Å². The zero-order chi connectivity index (χ0) is 10.4. The van der Waals surface area contributed by atoms with E-state index in [2.05, 4.69) is 27.8 Å². The number of halogens is 1. The average Bonchev–Trinajstić information content (AvgIpc) is 2.21. The normalized spacial score (nSPS) is 9.36. The molecule has 0 bridgehead atoms. The van der Waals surface area contributed by atoms with Crippen molar-refractivity contribution < 1.29 is 5.11 Å². The second-order valence-corrected chi connectivity index (χ2v) is 3.84. The highest BCUT2D eigenvalue weighted by Gasteiger charge is 1.96. The fourth-order valence-corrected chi connectivity index (χ4v) is 1.31. The monoisotopic (exact) mass is 252 g/mol. The zero-order valence-electron chi connectivity index (χ0n) is 8.18. The van der Waals surface area contributed by atoms with E-state index in [-0.39, 0.29) is 6.61 Å². The molecule has 14 heavy (non-hydrogen) atoms. The Balaban J connectivity index is 2.91. The lowest BCUT2D eigenvalue weighted by Crippen LogP contribution is -1.88. The van der Waals surface area contributed by atoms with E-state index >= 15 is 0 Å². The predicted molar refractivity (Wildman–Crippen MR) is 62.4 cm³/mol. The average molecular weight is 253 g/mol. The van der Waals surface area contributed by atoms with Gasteiger partial charge in [-0.25, -0.2) is 0 Å². The number of aliphatic hydroxyl groups excluding tert-OH is 1. The largest absolute Gasteiger partial charge is 0.392 e. The summed E-state index contributed by atoms with van der Waals surface area (Å²) in [7, 11) is 0. The van der Waals surface area contributed by atoms with Crippen molar-refractivity contribution in [3.63, 3.8) is 0 Å². The van der Waals surface area contributed by atoms with Crippen molar-refractivity contribution in [2.75, 3.05) is 5.33 Å². The molecule has 1 rings (SSSR count). The van der Waals surface area contributed by atoms with Crippen molar-refractivity contribution in [2.24, 2.45) is 0 Å². The Morgan fingerprint density at radius 3 is 2.86 bits per heavy atom. The smallest absolute Gasteiger partial charge is 0.0682 e. The van der Waals surface area contributed by atoms with E-state index in [1.807, 2.05) is 25.1 Å². The van der Waals surface area contributed by atoms with Crippen LogP contribution in [0.2, 0.25) is 0 Å². The first-order valence-electron chi connectivity index (χ1n) is 4.53. The lowest BCUT2D eigenvalue weighted by molar-refractivity contribution is 0.282. The van der Waals surface area contributed by atoms with E-state index < -0.39 is 0 Å². The third-order valence-corrected chi connectivity index (χ3v) is 2.32. The lowest BCUT2D eigenvalue weighted by Gasteiger charge is -2.00. The minimum absolute atomic E-state index is 0.0768. The first-order chi connectivity index (χ1) is 6.77. The molecule has 0 saturated heterocycles. The molecule has 0 amide bonds. The molecular formula is C12H13BrO. The van der Waals surface area contributed by atoms with E-state index in [1.54, 1.807) is 0 Å². The number of alkyl halides is 1. The summed E-state index contributed by atoms with van der Waals surface area (Å²) in [5.41, 5.74) is 3.08. The van der Waals surface area contributed by atoms with Gasteiger partial charge in [-0.15, -0.1) is 0 Å². The molecule has 1 N–H and O–H groups in total. The Hall–Kier alpha value is -0.780. The van der Waals surface area contributed by atoms with Crippen LogP contribution in [-0.2, 0) is 6.61 Å². The topological polar surface area (TPSA) is 20.2 Å². The lowest BCUT2D eigenvalue weighted by atomic mass is 10.1. The van der Waals surface area contributed by atoms with Crippen LogP contribution in [0.1, 0.15) is 23.1 Å². The van der Waals surface area contributed by atoms with E-state index in [1.165, 1.54) is 0 Å². The highest BCUT2D eigenvalue weighted by Crippen LogP contribution is 2.10. The molecule has 0 aliphatic heterocycles. The number of aliphatic hydroxyl groups is 1. The summed E-state index contributed by atoms with van der Waals surface area (Å²) in [5, 5.41) is 9.87. The van der Waals surface area contributed by atoms with Gasteiger partial charge in [0, 0.05) is 17.3 Å². The summed E-state index contributed by atoms with van der Waals surface area (Å²) >= 11 is 3.33. The van der Waals surface area contributed by atoms with Crippen LogP contribution in [0.3, 0.4) is 0 Å². The molecule has 1 nitrogen and oxygen atoms in total. The highest BCUT2D eigenvalue weighted by atomic mass is 79.9. The standard InChI is InChI=1S/C12H13BrO/c1-10-5-6-11(9-14)8-12(10)4-2-3-7-13/h5-6,8,14H,3,7,9H2,1H3. The fraction of sp³-hybridized carbons (Fsp3) is 0.333. The van der Waals surface area contributed by atoms with Crippen molar-refractivity contribution in [1.82, 2.24) is 0 Å². The van der Waals surface area contributed by atoms with Gasteiger partial charge in [-0.1, -0.05) is 39.9 Å². The summed E-state index contributed by atoms with van der Waals surface area (Å²) in [6.07, 6.45) is 0.850. The molecule has 74 valence electrons. The van der Waals surface area contributed by atoms with Crippen molar-refractivity contribution in [2.45, 2.75) is 20.0 Å². The third kappa shape index (κ3) is 3.17. The maximum Gasteiger partial charge on any atom is 0.0682 e. The molecule has 1 aromatic carbocycles. The molecular weight excluding hydrogens is 240 g/mol. The quantitative estimate of drug-likeness (QED) is 0.634. The molecule has 0 radical (unpaired) electrons. The summed E-state index contributed by atoms with van der Waals surface area (Å²) in [6.45, 7) is 2.10. The molecule has 0 spiro atoms. The highest BCUT2D eigenvalue weighted by molar-refractivity contribution is 9.09. The first-order valence-corrected chi connectivity index (χ1v) is 5.65. The van der Waals surface area contributed by atoms with Gasteiger partial charge in [-0.2, -0.15) is 0 Å². The fourth-order valence-electron chi connectivity index (χ4n) is 1.11. The van der Waals surface area contributed by atoms with Gasteiger partial charge in [0.2, 0.25) is 0 Å². The van der Waals surface area contributed by atoms with Crippen molar-refractivity contribution >= 4 is 15.9 Å². The van der Waals surface area contributed by atoms with Gasteiger partial charge < -0.3 is 5.11 Å². The van der Waals surface area contributed by atoms with Crippen molar-refractivity contribution in [3.05, 3.63) is 34.9 Å². The van der Waals surface area contributed by atoms with Crippen molar-refractivity contribution in [1.29, 1.82) is 0 Å². The molecule has 0 aromatic heterocycles. The van der Waals surface area contributed by atoms with Crippen LogP contribution in [0, 0.1) is 18.8 Å². The number of aryl methyl sites for hydroxylation is 1. The molecule has 0 atom stereocenters. The zero-order valence-corrected chi connectivity index (χ0v) is 9.76. The first kappa shape index (κ1) is 11.3. The van der Waals surface area contributed by atoms with Crippen LogP contribution in [0.15, 0.2) is 18.2 Å². The van der Waals surface area contributed by atoms with Gasteiger partial charge in [0.05, 0.1) is 6.61 Å². The molecule has 0 aliphatic rings. The van der Waals surface area contributed by atoms with E-state index in [0.29, 0.717) is 0 Å². The SMILES string of the molecule is Cc1ccc(CO)cc1C#CCCBr. The Morgan fingerprint density at radius 2 is 2.21 bits per heavy atom. The van der Waals surface area contributed by atoms with Crippen LogP contribution < -0.4 is 0 Å². The van der Waals surface area contributed by atoms with Gasteiger partial charge in [-0.3, -0.25) is 0 Å². The molecule has 2 heteroatoms. The van der Waals surface area contributed by atoms with E-state index in [9.17, 15) is 0 Å². The van der Waals surface area contributed by atoms with Crippen LogP contribution >= 0.6 is 15.9 Å². The summed E-state index contributed by atoms with van der Waals surface area (Å²) < 4.78 is 0. The van der Waals surface area contributed by atoms with E-state index in [4.69, 9.17) is 5.11 Å². The third-order valence-electron chi connectivity index (χ3n) is 1.93. The number of benzene rings is 1. The Morgan fingerprint density at radius 1 is 1.43 bits per heavy atom. The summed E-state index contributed by atoms with van der Waals surface area (Å²) in [6, 6.07) is 5.85. The summed E-state index contributed by atoms with van der Waals surface area (Å²) in [4.78, 5) is 0. The Bertz CT molecular complexity index is 360. The maximum absolute atomic E-state index is 8.97. The van der Waals surface area contributed by atoms with E-state index in [0.717, 1.165) is 28.4 Å². The maximum atomic E-state index is 8.97. The van der Waals surface area contributed by atoms with Crippen LogP contribution in [0.25, 0.3) is 0 Å². The second-order valence-electron chi connectivity index (χ2n) is 3.05.